The molecule has 0 radical (unpaired) electrons. The summed E-state index contributed by atoms with van der Waals surface area (Å²) in [4.78, 5) is 16.2. The van der Waals surface area contributed by atoms with Crippen molar-refractivity contribution in [1.29, 1.82) is 0 Å². The predicted molar refractivity (Wildman–Crippen MR) is 93.5 cm³/mol. The van der Waals surface area contributed by atoms with Crippen molar-refractivity contribution in [2.45, 2.75) is 0 Å². The van der Waals surface area contributed by atoms with Crippen molar-refractivity contribution in [3.63, 3.8) is 0 Å². The number of hydrogen-bond acceptors (Lipinski definition) is 3. The molecule has 0 amide bonds. The summed E-state index contributed by atoms with van der Waals surface area (Å²) in [5.41, 5.74) is 1.10. The molecule has 0 aliphatic carbocycles. The second kappa shape index (κ2) is 6.54. The maximum Gasteiger partial charge on any atom is 0.363 e. The fourth-order valence-corrected chi connectivity index (χ4v) is 2.72. The number of carbonyl (C=O) groups excluding carboxylic acids is 1. The lowest BCUT2D eigenvalue weighted by molar-refractivity contribution is -0.129. The first kappa shape index (κ1) is 16.3. The van der Waals surface area contributed by atoms with Crippen molar-refractivity contribution in [2.75, 3.05) is 0 Å². The van der Waals surface area contributed by atoms with E-state index >= 15 is 0 Å². The third kappa shape index (κ3) is 3.24. The summed E-state index contributed by atoms with van der Waals surface area (Å²) in [5.74, 6) is -0.515. The quantitative estimate of drug-likeness (QED) is 0.494. The van der Waals surface area contributed by atoms with Crippen LogP contribution < -0.4 is 0 Å². The van der Waals surface area contributed by atoms with Crippen LogP contribution in [0.1, 0.15) is 11.1 Å². The van der Waals surface area contributed by atoms with Gasteiger partial charge in [-0.05, 0) is 29.8 Å². The number of carbonyl (C=O) groups is 1. The first-order valence-corrected chi connectivity index (χ1v) is 7.89. The Morgan fingerprint density at radius 2 is 1.57 bits per heavy atom. The number of cyclic esters (lactones) is 1. The lowest BCUT2D eigenvalue weighted by atomic mass is 10.2. The predicted octanol–water partition coefficient (Wildman–Crippen LogP) is 5.64. The van der Waals surface area contributed by atoms with E-state index in [4.69, 9.17) is 51.1 Å². The average molecular weight is 387 g/mol. The molecule has 1 aliphatic heterocycles. The molecule has 0 bridgehead atoms. The minimum atomic E-state index is -0.605. The second-order valence-corrected chi connectivity index (χ2v) is 6.15. The fourth-order valence-electron chi connectivity index (χ4n) is 1.97. The van der Waals surface area contributed by atoms with E-state index in [0.29, 0.717) is 26.2 Å². The molecule has 1 aliphatic rings. The topological polar surface area (TPSA) is 38.7 Å². The van der Waals surface area contributed by atoms with Gasteiger partial charge in [-0.1, -0.05) is 64.6 Å². The van der Waals surface area contributed by atoms with Crippen molar-refractivity contribution >= 4 is 64.3 Å². The van der Waals surface area contributed by atoms with Crippen molar-refractivity contribution in [1.82, 2.24) is 0 Å². The molecule has 7 heteroatoms. The molecular formula is C16H7Cl4NO2. The summed E-state index contributed by atoms with van der Waals surface area (Å²) in [7, 11) is 0. The summed E-state index contributed by atoms with van der Waals surface area (Å²) in [5, 5.41) is 1.33. The zero-order chi connectivity index (χ0) is 16.6. The third-order valence-corrected chi connectivity index (χ3v) is 4.73. The molecule has 2 aromatic rings. The molecule has 0 N–H and O–H groups in total. The lowest BCUT2D eigenvalue weighted by Gasteiger charge is -2.03. The second-order valence-electron chi connectivity index (χ2n) is 4.58. The van der Waals surface area contributed by atoms with Gasteiger partial charge in [-0.2, -0.15) is 0 Å². The third-order valence-electron chi connectivity index (χ3n) is 3.08. The molecule has 0 atom stereocenters. The number of hydrogen-bond donors (Lipinski definition) is 0. The van der Waals surface area contributed by atoms with E-state index in [9.17, 15) is 4.79 Å². The Bertz CT molecular complexity index is 874. The number of halogens is 4. The Morgan fingerprint density at radius 1 is 0.913 bits per heavy atom. The number of aliphatic imine (C=N–C) groups is 1. The summed E-state index contributed by atoms with van der Waals surface area (Å²) >= 11 is 24.1. The summed E-state index contributed by atoms with van der Waals surface area (Å²) in [6.07, 6.45) is 1.50. The molecule has 0 fully saturated rings. The number of esters is 1. The van der Waals surface area contributed by atoms with Crippen LogP contribution in [0, 0.1) is 0 Å². The van der Waals surface area contributed by atoms with Crippen LogP contribution >= 0.6 is 46.4 Å². The highest BCUT2D eigenvalue weighted by Crippen LogP contribution is 2.31. The fraction of sp³-hybridized carbons (Fsp3) is 0. The molecular weight excluding hydrogens is 380 g/mol. The molecule has 0 aromatic heterocycles. The van der Waals surface area contributed by atoms with Crippen LogP contribution in [-0.2, 0) is 9.53 Å². The standard InChI is InChI=1S/C16H7Cl4NO2/c17-10-5-1-3-8(13(10)19)7-12-16(22)23-15(21-12)9-4-2-6-11(18)14(9)20/h1-7H. The molecule has 2 aromatic carbocycles. The van der Waals surface area contributed by atoms with Gasteiger partial charge in [-0.15, -0.1) is 0 Å². The normalized spacial score (nSPS) is 15.7. The van der Waals surface area contributed by atoms with Crippen molar-refractivity contribution in [2.24, 2.45) is 4.99 Å². The Hall–Kier alpha value is -1.52. The van der Waals surface area contributed by atoms with E-state index in [1.54, 1.807) is 36.4 Å². The Labute approximate surface area is 152 Å². The molecule has 1 heterocycles. The van der Waals surface area contributed by atoms with Gasteiger partial charge in [0.05, 0.1) is 25.7 Å². The Balaban J connectivity index is 2.03. The van der Waals surface area contributed by atoms with E-state index in [2.05, 4.69) is 4.99 Å². The SMILES string of the molecule is O=C1OC(c2cccc(Cl)c2Cl)=NC1=Cc1cccc(Cl)c1Cl. The Morgan fingerprint density at radius 3 is 2.30 bits per heavy atom. The lowest BCUT2D eigenvalue weighted by Crippen LogP contribution is -2.06. The first-order chi connectivity index (χ1) is 11.0. The Kier molecular flexibility index (Phi) is 4.64. The average Bonchev–Trinajstić information content (AvgIpc) is 2.87. The molecule has 0 spiro atoms. The molecule has 3 rings (SSSR count). The molecule has 0 saturated heterocycles. The van der Waals surface area contributed by atoms with Crippen LogP contribution in [-0.4, -0.2) is 11.9 Å². The van der Waals surface area contributed by atoms with Crippen LogP contribution in [0.4, 0.5) is 0 Å². The van der Waals surface area contributed by atoms with Crippen molar-refractivity contribution < 1.29 is 9.53 Å². The highest BCUT2D eigenvalue weighted by Gasteiger charge is 2.26. The highest BCUT2D eigenvalue weighted by atomic mass is 35.5. The van der Waals surface area contributed by atoms with E-state index in [-0.39, 0.29) is 16.6 Å². The highest BCUT2D eigenvalue weighted by molar-refractivity contribution is 6.44. The zero-order valence-corrected chi connectivity index (χ0v) is 14.3. The smallest absolute Gasteiger partial charge is 0.363 e. The number of nitrogens with zero attached hydrogens (tertiary/aromatic N) is 1. The van der Waals surface area contributed by atoms with E-state index in [1.807, 2.05) is 0 Å². The molecule has 0 saturated carbocycles. The van der Waals surface area contributed by atoms with E-state index < -0.39 is 5.97 Å². The minimum Gasteiger partial charge on any atom is -0.402 e. The van der Waals surface area contributed by atoms with E-state index in [1.165, 1.54) is 6.08 Å². The van der Waals surface area contributed by atoms with Crippen LogP contribution in [0.15, 0.2) is 47.1 Å². The van der Waals surface area contributed by atoms with Gasteiger partial charge in [-0.3, -0.25) is 0 Å². The van der Waals surface area contributed by atoms with Gasteiger partial charge in [0, 0.05) is 0 Å². The first-order valence-electron chi connectivity index (χ1n) is 6.38. The molecule has 23 heavy (non-hydrogen) atoms. The number of rotatable bonds is 2. The van der Waals surface area contributed by atoms with Crippen LogP contribution in [0.25, 0.3) is 6.08 Å². The van der Waals surface area contributed by atoms with Gasteiger partial charge in [0.1, 0.15) is 0 Å². The number of benzene rings is 2. The minimum absolute atomic E-state index is 0.0897. The van der Waals surface area contributed by atoms with Crippen molar-refractivity contribution in [3.05, 3.63) is 73.3 Å². The molecule has 3 nitrogen and oxygen atoms in total. The van der Waals surface area contributed by atoms with Crippen LogP contribution in [0.5, 0.6) is 0 Å². The number of ether oxygens (including phenoxy) is 1. The largest absolute Gasteiger partial charge is 0.402 e. The monoisotopic (exact) mass is 385 g/mol. The molecule has 0 unspecified atom stereocenters. The van der Waals surface area contributed by atoms with E-state index in [0.717, 1.165) is 0 Å². The van der Waals surface area contributed by atoms with Gasteiger partial charge in [-0.25, -0.2) is 9.79 Å². The summed E-state index contributed by atoms with van der Waals surface area (Å²) < 4.78 is 5.16. The van der Waals surface area contributed by atoms with Crippen LogP contribution in [0.3, 0.4) is 0 Å². The van der Waals surface area contributed by atoms with Gasteiger partial charge in [0.25, 0.3) is 0 Å². The van der Waals surface area contributed by atoms with Gasteiger partial charge >= 0.3 is 5.97 Å². The van der Waals surface area contributed by atoms with Gasteiger partial charge in [0.15, 0.2) is 5.70 Å². The van der Waals surface area contributed by atoms with Gasteiger partial charge < -0.3 is 4.74 Å². The van der Waals surface area contributed by atoms with Crippen LogP contribution in [0.2, 0.25) is 20.1 Å². The molecule has 116 valence electrons. The maximum absolute atomic E-state index is 12.0. The van der Waals surface area contributed by atoms with Gasteiger partial charge in [0.2, 0.25) is 5.90 Å². The van der Waals surface area contributed by atoms with Crippen molar-refractivity contribution in [3.8, 4) is 0 Å². The summed E-state index contributed by atoms with van der Waals surface area (Å²) in [6, 6.07) is 10.1. The zero-order valence-electron chi connectivity index (χ0n) is 11.3. The summed E-state index contributed by atoms with van der Waals surface area (Å²) in [6.45, 7) is 0. The maximum atomic E-state index is 12.0.